The van der Waals surface area contributed by atoms with Crippen LogP contribution in [-0.2, 0) is 37.4 Å². The molecule has 0 spiro atoms. The molecule has 0 saturated carbocycles. The van der Waals surface area contributed by atoms with Crippen molar-refractivity contribution in [2.75, 3.05) is 39.4 Å². The number of methoxy groups -OCH3 is 2. The number of aliphatic hydroxyl groups excluding tert-OH is 1. The first kappa shape index (κ1) is 45.7. The molecule has 1 aliphatic rings. The van der Waals surface area contributed by atoms with Crippen LogP contribution in [0.15, 0.2) is 140 Å². The molecule has 7 aromatic rings. The maximum atomic E-state index is 13.1. The molecule has 2 N–H and O–H groups in total. The highest BCUT2D eigenvalue weighted by molar-refractivity contribution is 5.85. The zero-order chi connectivity index (χ0) is 46.9. The number of nitrogens with one attached hydrogen (secondary N) is 1. The fraction of sp³-hybridized carbons (Fsp3) is 0.250. The molecule has 1 fully saturated rings. The Bertz CT molecular complexity index is 2760. The summed E-state index contributed by atoms with van der Waals surface area (Å²) in [6.45, 7) is -0.110. The number of non-ortho nitro benzene ring substituents is 2. The number of amides is 1. The lowest BCUT2D eigenvalue weighted by molar-refractivity contribution is -0.385. The highest BCUT2D eigenvalue weighted by Crippen LogP contribution is 2.43. The zero-order valence-electron chi connectivity index (χ0n) is 36.2. The SMILES string of the molecule is COc1ccc(C(OC[C@H]2O[C@@H](n3cnc4c(OCCc5ccc([N+](=O)[O-])cc5)nc(NC(=O)OCCc5ccc([N+](=O)[O-])cc5)nc43)[C@H](OC)[C@@H]2O)(c2ccccc2)c2ccccc2)cc1. The average Bonchev–Trinajstić information content (AvgIpc) is 3.92. The maximum Gasteiger partial charge on any atom is 0.414 e. The van der Waals surface area contributed by atoms with Crippen molar-refractivity contribution >= 4 is 34.6 Å². The minimum absolute atomic E-state index is 0.00534. The Morgan fingerprint density at radius 2 is 1.34 bits per heavy atom. The van der Waals surface area contributed by atoms with E-state index in [2.05, 4.69) is 20.3 Å². The average molecular weight is 912 g/mol. The summed E-state index contributed by atoms with van der Waals surface area (Å²) in [5.74, 6) is 0.458. The Balaban J connectivity index is 1.07. The minimum atomic E-state index is -1.21. The number of hydrogen-bond donors (Lipinski definition) is 2. The first-order chi connectivity index (χ1) is 32.6. The lowest BCUT2D eigenvalue weighted by Gasteiger charge is -2.37. The van der Waals surface area contributed by atoms with Crippen molar-refractivity contribution < 1.29 is 48.2 Å². The van der Waals surface area contributed by atoms with E-state index in [0.29, 0.717) is 17.7 Å². The van der Waals surface area contributed by atoms with Crippen LogP contribution in [-0.4, -0.2) is 92.9 Å². The van der Waals surface area contributed by atoms with Crippen molar-refractivity contribution in [1.82, 2.24) is 19.5 Å². The smallest absolute Gasteiger partial charge is 0.414 e. The Hall–Kier alpha value is -7.84. The number of nitrogens with zero attached hydrogens (tertiary/aromatic N) is 6. The molecule has 19 heteroatoms. The van der Waals surface area contributed by atoms with E-state index in [9.17, 15) is 30.1 Å². The monoisotopic (exact) mass is 911 g/mol. The summed E-state index contributed by atoms with van der Waals surface area (Å²) in [5, 5.41) is 36.7. The third kappa shape index (κ3) is 10.0. The number of anilines is 1. The van der Waals surface area contributed by atoms with Crippen LogP contribution in [0.2, 0.25) is 0 Å². The van der Waals surface area contributed by atoms with Crippen LogP contribution >= 0.6 is 0 Å². The van der Waals surface area contributed by atoms with Crippen LogP contribution < -0.4 is 14.8 Å². The molecule has 2 aromatic heterocycles. The number of carbonyl (C=O) groups excluding carboxylic acids is 1. The molecule has 1 amide bonds. The predicted molar refractivity (Wildman–Crippen MR) is 242 cm³/mol. The first-order valence-electron chi connectivity index (χ1n) is 21.1. The van der Waals surface area contributed by atoms with E-state index < -0.39 is 46.1 Å². The van der Waals surface area contributed by atoms with Gasteiger partial charge in [-0.25, -0.2) is 9.78 Å². The number of nitro benzene ring substituents is 2. The van der Waals surface area contributed by atoms with E-state index in [1.165, 1.54) is 37.7 Å². The number of fused-ring (bicyclic) bond motifs is 1. The van der Waals surface area contributed by atoms with Gasteiger partial charge in [-0.15, -0.1) is 0 Å². The molecule has 0 aliphatic carbocycles. The topological polar surface area (TPSA) is 235 Å². The van der Waals surface area contributed by atoms with E-state index in [0.717, 1.165) is 22.3 Å². The number of carbonyl (C=O) groups is 1. The van der Waals surface area contributed by atoms with Gasteiger partial charge in [0.25, 0.3) is 11.4 Å². The number of hydrogen-bond acceptors (Lipinski definition) is 15. The molecule has 8 rings (SSSR count). The van der Waals surface area contributed by atoms with Gasteiger partial charge in [0.15, 0.2) is 17.4 Å². The standard InChI is InChI=1S/C48H45N7O12/c1-62-38-23-17-35(18-24-38)48(33-9-5-3-6-10-33,34-11-7-4-8-12-34)66-29-39-41(56)42(63-2)45(67-39)53-30-49-40-43(53)50-46(51-44(40)64-27-25-31-13-19-36(20-14-31)54(58)59)52-47(57)65-28-26-32-15-21-37(22-16-32)55(60)61/h3-24,30,39,41-42,45,56H,25-29H2,1-2H3,(H,50,51,52,57)/t39-,41-,42-,45-/m1/s1. The van der Waals surface area contributed by atoms with Gasteiger partial charge in [0, 0.05) is 44.2 Å². The molecule has 19 nitrogen and oxygen atoms in total. The van der Waals surface area contributed by atoms with Gasteiger partial charge in [-0.1, -0.05) is 97.1 Å². The Morgan fingerprint density at radius 1 is 0.776 bits per heavy atom. The van der Waals surface area contributed by atoms with E-state index in [-0.39, 0.29) is 60.6 Å². The van der Waals surface area contributed by atoms with Gasteiger partial charge in [0.2, 0.25) is 11.8 Å². The predicted octanol–water partition coefficient (Wildman–Crippen LogP) is 7.35. The number of imidazole rings is 1. The molecule has 3 heterocycles. The molecule has 4 atom stereocenters. The molecular formula is C48H45N7O12. The summed E-state index contributed by atoms with van der Waals surface area (Å²) < 4.78 is 38.1. The van der Waals surface area contributed by atoms with Gasteiger partial charge in [0.1, 0.15) is 29.7 Å². The normalized spacial score (nSPS) is 16.9. The van der Waals surface area contributed by atoms with E-state index in [4.69, 9.17) is 28.4 Å². The van der Waals surface area contributed by atoms with Gasteiger partial charge in [-0.2, -0.15) is 9.97 Å². The van der Waals surface area contributed by atoms with Crippen LogP contribution in [0.4, 0.5) is 22.1 Å². The minimum Gasteiger partial charge on any atom is -0.497 e. The third-order valence-electron chi connectivity index (χ3n) is 11.3. The largest absolute Gasteiger partial charge is 0.497 e. The molecule has 1 aliphatic heterocycles. The Morgan fingerprint density at radius 3 is 1.90 bits per heavy atom. The van der Waals surface area contributed by atoms with Gasteiger partial charge in [-0.3, -0.25) is 30.1 Å². The Kier molecular flexibility index (Phi) is 14.0. The lowest BCUT2D eigenvalue weighted by Crippen LogP contribution is -2.40. The summed E-state index contributed by atoms with van der Waals surface area (Å²) in [6.07, 6.45) is -2.97. The number of nitro groups is 2. The van der Waals surface area contributed by atoms with Crippen molar-refractivity contribution in [2.24, 2.45) is 0 Å². The number of ether oxygens (including phenoxy) is 6. The maximum absolute atomic E-state index is 13.1. The summed E-state index contributed by atoms with van der Waals surface area (Å²) >= 11 is 0. The lowest BCUT2D eigenvalue weighted by atomic mass is 9.80. The fourth-order valence-electron chi connectivity index (χ4n) is 7.92. The molecule has 0 radical (unpaired) electrons. The highest BCUT2D eigenvalue weighted by Gasteiger charge is 2.48. The number of rotatable bonds is 19. The molecule has 67 heavy (non-hydrogen) atoms. The molecular weight excluding hydrogens is 867 g/mol. The number of aliphatic hydroxyl groups is 1. The molecule has 5 aromatic carbocycles. The molecule has 1 saturated heterocycles. The van der Waals surface area contributed by atoms with Crippen LogP contribution in [0, 0.1) is 20.2 Å². The van der Waals surface area contributed by atoms with Gasteiger partial charge < -0.3 is 33.5 Å². The van der Waals surface area contributed by atoms with E-state index in [1.807, 2.05) is 84.9 Å². The first-order valence-corrected chi connectivity index (χ1v) is 21.1. The summed E-state index contributed by atoms with van der Waals surface area (Å²) in [7, 11) is 3.05. The van der Waals surface area contributed by atoms with E-state index in [1.54, 1.807) is 35.9 Å². The fourth-order valence-corrected chi connectivity index (χ4v) is 7.92. The van der Waals surface area contributed by atoms with Crippen LogP contribution in [0.1, 0.15) is 34.0 Å². The zero-order valence-corrected chi connectivity index (χ0v) is 36.2. The summed E-state index contributed by atoms with van der Waals surface area (Å²) in [6, 6.07) is 39.0. The van der Waals surface area contributed by atoms with Crippen LogP contribution in [0.25, 0.3) is 11.2 Å². The number of aromatic nitrogens is 4. The second-order valence-electron chi connectivity index (χ2n) is 15.3. The van der Waals surface area contributed by atoms with Crippen molar-refractivity contribution in [3.63, 3.8) is 0 Å². The highest BCUT2D eigenvalue weighted by atomic mass is 16.6. The quantitative estimate of drug-likeness (QED) is 0.0459. The van der Waals surface area contributed by atoms with Gasteiger partial charge in [0.05, 0.1) is 43.1 Å². The van der Waals surface area contributed by atoms with Crippen LogP contribution in [0.5, 0.6) is 11.6 Å². The van der Waals surface area contributed by atoms with Gasteiger partial charge >= 0.3 is 6.09 Å². The van der Waals surface area contributed by atoms with Crippen molar-refractivity contribution in [2.45, 2.75) is 43.0 Å². The number of benzene rings is 5. The molecule has 0 unspecified atom stereocenters. The molecule has 344 valence electrons. The summed E-state index contributed by atoms with van der Waals surface area (Å²) in [5.41, 5.74) is 3.03. The van der Waals surface area contributed by atoms with E-state index >= 15 is 0 Å². The van der Waals surface area contributed by atoms with Crippen molar-refractivity contribution in [1.29, 1.82) is 0 Å². The summed E-state index contributed by atoms with van der Waals surface area (Å²) in [4.78, 5) is 48.0. The van der Waals surface area contributed by atoms with Crippen molar-refractivity contribution in [3.8, 4) is 11.6 Å². The van der Waals surface area contributed by atoms with Crippen molar-refractivity contribution in [3.05, 3.63) is 188 Å². The molecule has 0 bridgehead atoms. The van der Waals surface area contributed by atoms with Crippen LogP contribution in [0.3, 0.4) is 0 Å². The second kappa shape index (κ2) is 20.6. The third-order valence-corrected chi connectivity index (χ3v) is 11.3. The van der Waals surface area contributed by atoms with Gasteiger partial charge in [-0.05, 0) is 39.9 Å². The second-order valence-corrected chi connectivity index (χ2v) is 15.3. The Labute approximate surface area is 383 Å².